The topological polar surface area (TPSA) is 104 Å². The zero-order valence-electron chi connectivity index (χ0n) is 30.7. The molecule has 2 saturated heterocycles. The monoisotopic (exact) mass is 724 g/mol. The zero-order valence-corrected chi connectivity index (χ0v) is 31.7. The summed E-state index contributed by atoms with van der Waals surface area (Å²) in [6.45, 7) is 16.9. The maximum Gasteiger partial charge on any atom is 0.411 e. The van der Waals surface area contributed by atoms with E-state index in [1.807, 2.05) is 43.4 Å². The lowest BCUT2D eigenvalue weighted by molar-refractivity contribution is -0.126. The van der Waals surface area contributed by atoms with Gasteiger partial charge >= 0.3 is 6.09 Å². The summed E-state index contributed by atoms with van der Waals surface area (Å²) >= 11 is 0. The lowest BCUT2D eigenvalue weighted by Gasteiger charge is -2.38. The van der Waals surface area contributed by atoms with Crippen molar-refractivity contribution in [1.82, 2.24) is 19.8 Å². The van der Waals surface area contributed by atoms with Gasteiger partial charge in [-0.25, -0.2) is 18.6 Å². The van der Waals surface area contributed by atoms with Crippen LogP contribution in [0.3, 0.4) is 0 Å². The largest absolute Gasteiger partial charge is 0.450 e. The Bertz CT molecular complexity index is 1800. The number of ether oxygens (including phenoxy) is 4. The molecule has 1 aromatic carbocycles. The summed E-state index contributed by atoms with van der Waals surface area (Å²) in [5.74, 6) is -2.49. The van der Waals surface area contributed by atoms with Crippen LogP contribution in [-0.2, 0) is 32.2 Å². The van der Waals surface area contributed by atoms with E-state index < -0.39 is 31.1 Å². The molecular formula is C38H50F2N4O6Si. The molecule has 1 N–H and O–H groups in total. The molecule has 2 bridgehead atoms. The van der Waals surface area contributed by atoms with Crippen molar-refractivity contribution in [1.29, 1.82) is 0 Å². The highest BCUT2D eigenvalue weighted by atomic mass is 28.3. The molecule has 0 radical (unpaired) electrons. The van der Waals surface area contributed by atoms with Gasteiger partial charge in [0.15, 0.2) is 17.4 Å². The smallest absolute Gasteiger partial charge is 0.411 e. The molecule has 5 heterocycles. The van der Waals surface area contributed by atoms with E-state index >= 15 is 8.78 Å². The Morgan fingerprint density at radius 2 is 1.86 bits per heavy atom. The first-order valence-electron chi connectivity index (χ1n) is 17.8. The Balaban J connectivity index is 1.29. The van der Waals surface area contributed by atoms with Crippen LogP contribution in [0.15, 0.2) is 36.7 Å². The van der Waals surface area contributed by atoms with Gasteiger partial charge in [0.1, 0.15) is 23.7 Å². The first kappa shape index (κ1) is 37.0. The van der Waals surface area contributed by atoms with Crippen LogP contribution in [0, 0.1) is 17.0 Å². The molecule has 276 valence electrons. The maximum absolute atomic E-state index is 15.6. The maximum atomic E-state index is 15.6. The van der Waals surface area contributed by atoms with Gasteiger partial charge in [0.05, 0.1) is 31.1 Å². The minimum atomic E-state index is -1.32. The number of nitrogens with one attached hydrogen (secondary N) is 1. The molecule has 13 heteroatoms. The third kappa shape index (κ3) is 8.64. The number of aromatic nitrogens is 2. The molecule has 2 atom stereocenters. The highest BCUT2D eigenvalue weighted by Crippen LogP contribution is 2.44. The van der Waals surface area contributed by atoms with Gasteiger partial charge in [-0.15, -0.1) is 0 Å². The third-order valence-electron chi connectivity index (χ3n) is 9.54. The Morgan fingerprint density at radius 3 is 2.49 bits per heavy atom. The minimum absolute atomic E-state index is 0.0539. The Kier molecular flexibility index (Phi) is 10.4. The van der Waals surface area contributed by atoms with E-state index in [-0.39, 0.29) is 54.0 Å². The average Bonchev–Trinajstić information content (AvgIpc) is 3.52. The molecule has 2 fully saturated rings. The van der Waals surface area contributed by atoms with Crippen molar-refractivity contribution in [2.45, 2.75) is 103 Å². The number of carbonyl (C=O) groups is 2. The van der Waals surface area contributed by atoms with Gasteiger partial charge < -0.3 is 28.8 Å². The second kappa shape index (κ2) is 14.3. The fourth-order valence-corrected chi connectivity index (χ4v) is 7.57. The summed E-state index contributed by atoms with van der Waals surface area (Å²) in [4.78, 5) is 32.2. The van der Waals surface area contributed by atoms with Crippen molar-refractivity contribution in [3.05, 3.63) is 59.4 Å². The number of pyridine rings is 1. The number of fused-ring (bicyclic) bond motifs is 3. The van der Waals surface area contributed by atoms with Crippen LogP contribution in [0.4, 0.5) is 13.6 Å². The van der Waals surface area contributed by atoms with Gasteiger partial charge in [0.2, 0.25) is 5.91 Å². The van der Waals surface area contributed by atoms with Crippen LogP contribution >= 0.6 is 0 Å². The number of rotatable bonds is 12. The Morgan fingerprint density at radius 1 is 1.14 bits per heavy atom. The Labute approximate surface area is 299 Å². The van der Waals surface area contributed by atoms with Crippen molar-refractivity contribution < 1.29 is 37.3 Å². The van der Waals surface area contributed by atoms with E-state index in [4.69, 9.17) is 18.9 Å². The highest BCUT2D eigenvalue weighted by molar-refractivity contribution is 6.76. The van der Waals surface area contributed by atoms with Crippen LogP contribution < -0.4 is 10.1 Å². The van der Waals surface area contributed by atoms with E-state index in [1.54, 1.807) is 12.3 Å². The fourth-order valence-electron chi connectivity index (χ4n) is 6.82. The van der Waals surface area contributed by atoms with Gasteiger partial charge in [-0.1, -0.05) is 32.6 Å². The summed E-state index contributed by atoms with van der Waals surface area (Å²) in [6, 6.07) is 4.66. The number of halogens is 2. The minimum Gasteiger partial charge on any atom is -0.450 e. The summed E-state index contributed by atoms with van der Waals surface area (Å²) in [5.41, 5.74) is 1.82. The second-order valence-electron chi connectivity index (χ2n) is 16.7. The van der Waals surface area contributed by atoms with Crippen LogP contribution in [0.2, 0.25) is 25.7 Å². The second-order valence-corrected chi connectivity index (χ2v) is 22.3. The van der Waals surface area contributed by atoms with Crippen molar-refractivity contribution in [2.75, 3.05) is 26.4 Å². The third-order valence-corrected chi connectivity index (χ3v) is 11.2. The molecule has 2 aromatic heterocycles. The Hall–Kier alpha value is -3.81. The van der Waals surface area contributed by atoms with Crippen LogP contribution in [0.1, 0.15) is 58.1 Å². The molecule has 10 nitrogen and oxygen atoms in total. The molecule has 0 aliphatic carbocycles. The molecule has 6 rings (SSSR count). The van der Waals surface area contributed by atoms with Gasteiger partial charge in [-0.05, 0) is 75.4 Å². The molecule has 3 aliphatic rings. The van der Waals surface area contributed by atoms with E-state index in [1.165, 1.54) is 0 Å². The molecule has 0 spiro atoms. The standard InChI is InChI=1S/C38H50F2N4O6Si/c1-37(2,3)50-36(46)44-26-8-9-27(44)18-25(17-26)28-19-43(23-47-12-13-51(5,6)7)35-33(28)31(10-11-41-35)49-34-29(39)14-24(15-30(34)40)16-32(45)42-20-38(4)21-48-22-38/h10-11,14-15,17,19,26-27H,8-9,12-13,16,18,20-23H2,1-7H3,(H,42,45). The molecule has 51 heavy (non-hydrogen) atoms. The highest BCUT2D eigenvalue weighted by Gasteiger charge is 2.42. The van der Waals surface area contributed by atoms with Crippen molar-refractivity contribution in [2.24, 2.45) is 5.41 Å². The molecule has 2 unspecified atom stereocenters. The van der Waals surface area contributed by atoms with Gasteiger partial charge in [0, 0.05) is 50.6 Å². The number of nitrogens with zero attached hydrogens (tertiary/aromatic N) is 3. The molecule has 2 amide bonds. The van der Waals surface area contributed by atoms with Gasteiger partial charge in [-0.3, -0.25) is 9.69 Å². The summed E-state index contributed by atoms with van der Waals surface area (Å²) in [6.07, 6.45) is 7.30. The van der Waals surface area contributed by atoms with Gasteiger partial charge in [-0.2, -0.15) is 0 Å². The number of benzene rings is 1. The number of hydrogen-bond acceptors (Lipinski definition) is 7. The predicted octanol–water partition coefficient (Wildman–Crippen LogP) is 7.67. The van der Waals surface area contributed by atoms with Gasteiger partial charge in [0.25, 0.3) is 0 Å². The summed E-state index contributed by atoms with van der Waals surface area (Å²) < 4.78 is 56.2. The average molecular weight is 725 g/mol. The van der Waals surface area contributed by atoms with Crippen molar-refractivity contribution in [3.8, 4) is 11.5 Å². The molecule has 3 aromatic rings. The number of carbonyl (C=O) groups excluding carboxylic acids is 2. The molecular weight excluding hydrogens is 675 g/mol. The number of amides is 2. The SMILES string of the molecule is CC1(CNC(=O)Cc2cc(F)c(Oc3ccnc4c3c(C3=CC5CCC(C3)N5C(=O)OC(C)(C)C)cn4COCC[Si](C)(C)C)c(F)c2)COC1. The van der Waals surface area contributed by atoms with E-state index in [9.17, 15) is 9.59 Å². The van der Waals surface area contributed by atoms with Crippen LogP contribution in [-0.4, -0.2) is 78.6 Å². The van der Waals surface area contributed by atoms with E-state index in [0.29, 0.717) is 43.8 Å². The normalized spacial score (nSPS) is 19.9. The summed E-state index contributed by atoms with van der Waals surface area (Å²) in [7, 11) is -1.32. The summed E-state index contributed by atoms with van der Waals surface area (Å²) in [5, 5.41) is 3.43. The number of hydrogen-bond donors (Lipinski definition) is 1. The van der Waals surface area contributed by atoms with E-state index in [0.717, 1.165) is 42.2 Å². The molecule has 0 saturated carbocycles. The lowest BCUT2D eigenvalue weighted by Crippen LogP contribution is -2.48. The van der Waals surface area contributed by atoms with E-state index in [2.05, 4.69) is 36.0 Å². The van der Waals surface area contributed by atoms with Crippen molar-refractivity contribution >= 4 is 36.7 Å². The predicted molar refractivity (Wildman–Crippen MR) is 193 cm³/mol. The first-order chi connectivity index (χ1) is 24.0. The molecule has 3 aliphatic heterocycles. The van der Waals surface area contributed by atoms with Crippen LogP contribution in [0.5, 0.6) is 11.5 Å². The fraction of sp³-hybridized carbons (Fsp3) is 0.553. The van der Waals surface area contributed by atoms with Crippen LogP contribution in [0.25, 0.3) is 16.6 Å². The first-order valence-corrected chi connectivity index (χ1v) is 21.5. The lowest BCUT2D eigenvalue weighted by atomic mass is 9.89. The van der Waals surface area contributed by atoms with Crippen molar-refractivity contribution in [3.63, 3.8) is 0 Å². The quantitative estimate of drug-likeness (QED) is 0.151. The zero-order chi connectivity index (χ0) is 36.7.